The van der Waals surface area contributed by atoms with Crippen LogP contribution in [-0.2, 0) is 4.74 Å². The third-order valence-corrected chi connectivity index (χ3v) is 4.82. The molecule has 0 aromatic rings. The molecule has 0 N–H and O–H groups in total. The van der Waals surface area contributed by atoms with Crippen LogP contribution in [-0.4, -0.2) is 54.2 Å². The third kappa shape index (κ3) is 2.22. The minimum atomic E-state index is -0.0646. The highest BCUT2D eigenvalue weighted by Gasteiger charge is 2.43. The summed E-state index contributed by atoms with van der Waals surface area (Å²) < 4.78 is 5.48. The summed E-state index contributed by atoms with van der Waals surface area (Å²) in [5.74, 6) is 1.34. The lowest BCUT2D eigenvalue weighted by atomic mass is 9.96. The van der Waals surface area contributed by atoms with Crippen molar-refractivity contribution in [3.05, 3.63) is 0 Å². The summed E-state index contributed by atoms with van der Waals surface area (Å²) in [6.45, 7) is 8.61. The Labute approximate surface area is 109 Å². The highest BCUT2D eigenvalue weighted by molar-refractivity contribution is 5.68. The van der Waals surface area contributed by atoms with Crippen LogP contribution < -0.4 is 0 Å². The predicted octanol–water partition coefficient (Wildman–Crippen LogP) is 1.95. The summed E-state index contributed by atoms with van der Waals surface area (Å²) in [6, 6.07) is 0.631. The second-order valence-electron chi connectivity index (χ2n) is 6.41. The van der Waals surface area contributed by atoms with Crippen LogP contribution in [0.2, 0.25) is 0 Å². The topological polar surface area (TPSA) is 32.8 Å². The van der Waals surface area contributed by atoms with Crippen LogP contribution >= 0.6 is 0 Å². The SMILES string of the molecule is CC(C)N1CC2CN(C(=O)OC3CCC3)CC2C1. The standard InChI is InChI=1S/C14H24N2O2/c1-10(2)15-6-11-8-16(9-12(11)7-15)14(17)18-13-4-3-5-13/h10-13H,3-9H2,1-2H3. The minimum absolute atomic E-state index is 0.0646. The highest BCUT2D eigenvalue weighted by Crippen LogP contribution is 2.33. The lowest BCUT2D eigenvalue weighted by molar-refractivity contribution is 0.0290. The average Bonchev–Trinajstić information content (AvgIpc) is 2.79. The first kappa shape index (κ1) is 12.3. The van der Waals surface area contributed by atoms with Gasteiger partial charge < -0.3 is 14.5 Å². The monoisotopic (exact) mass is 252 g/mol. The molecule has 18 heavy (non-hydrogen) atoms. The maximum atomic E-state index is 12.0. The van der Waals surface area contributed by atoms with Gasteiger partial charge in [0.1, 0.15) is 6.10 Å². The quantitative estimate of drug-likeness (QED) is 0.753. The number of nitrogens with zero attached hydrogens (tertiary/aromatic N) is 2. The summed E-state index contributed by atoms with van der Waals surface area (Å²) in [5.41, 5.74) is 0. The molecule has 3 fully saturated rings. The zero-order chi connectivity index (χ0) is 12.7. The Kier molecular flexibility index (Phi) is 3.22. The number of amides is 1. The first-order valence-corrected chi connectivity index (χ1v) is 7.33. The zero-order valence-electron chi connectivity index (χ0n) is 11.5. The second kappa shape index (κ2) is 4.72. The van der Waals surface area contributed by atoms with Crippen LogP contribution in [0.5, 0.6) is 0 Å². The van der Waals surface area contributed by atoms with Crippen LogP contribution in [0.3, 0.4) is 0 Å². The Morgan fingerprint density at radius 3 is 2.17 bits per heavy atom. The van der Waals surface area contributed by atoms with Crippen molar-refractivity contribution >= 4 is 6.09 Å². The molecule has 1 saturated carbocycles. The van der Waals surface area contributed by atoms with Gasteiger partial charge in [0.25, 0.3) is 0 Å². The predicted molar refractivity (Wildman–Crippen MR) is 69.4 cm³/mol. The molecule has 3 rings (SSSR count). The Hall–Kier alpha value is -0.770. The summed E-state index contributed by atoms with van der Waals surface area (Å²) in [4.78, 5) is 16.5. The number of likely N-dealkylation sites (tertiary alicyclic amines) is 2. The highest BCUT2D eigenvalue weighted by atomic mass is 16.6. The molecule has 0 bridgehead atoms. The summed E-state index contributed by atoms with van der Waals surface area (Å²) in [6.07, 6.45) is 3.49. The van der Waals surface area contributed by atoms with E-state index in [1.165, 1.54) is 6.42 Å². The number of fused-ring (bicyclic) bond motifs is 1. The van der Waals surface area contributed by atoms with Crippen LogP contribution in [0.4, 0.5) is 4.79 Å². The van der Waals surface area contributed by atoms with E-state index in [2.05, 4.69) is 18.7 Å². The molecule has 3 aliphatic rings. The molecular weight excluding hydrogens is 228 g/mol. The number of carbonyl (C=O) groups excluding carboxylic acids is 1. The first-order chi connectivity index (χ1) is 8.63. The Balaban J connectivity index is 1.50. The molecule has 0 aromatic carbocycles. The van der Waals surface area contributed by atoms with Crippen molar-refractivity contribution in [2.75, 3.05) is 26.2 Å². The van der Waals surface area contributed by atoms with E-state index in [0.717, 1.165) is 39.0 Å². The first-order valence-electron chi connectivity index (χ1n) is 7.33. The second-order valence-corrected chi connectivity index (χ2v) is 6.41. The molecule has 2 saturated heterocycles. The van der Waals surface area contributed by atoms with Crippen molar-refractivity contribution in [2.45, 2.75) is 45.3 Å². The molecule has 2 aliphatic heterocycles. The van der Waals surface area contributed by atoms with Crippen molar-refractivity contribution in [3.63, 3.8) is 0 Å². The molecule has 0 aromatic heterocycles. The molecule has 1 aliphatic carbocycles. The minimum Gasteiger partial charge on any atom is -0.446 e. The van der Waals surface area contributed by atoms with Crippen molar-refractivity contribution in [1.29, 1.82) is 0 Å². The van der Waals surface area contributed by atoms with Crippen molar-refractivity contribution in [1.82, 2.24) is 9.80 Å². The fourth-order valence-corrected chi connectivity index (χ4v) is 3.31. The van der Waals surface area contributed by atoms with Crippen LogP contribution in [0.1, 0.15) is 33.1 Å². The van der Waals surface area contributed by atoms with Crippen molar-refractivity contribution < 1.29 is 9.53 Å². The largest absolute Gasteiger partial charge is 0.446 e. The summed E-state index contributed by atoms with van der Waals surface area (Å²) in [5, 5.41) is 0. The van der Waals surface area contributed by atoms with E-state index >= 15 is 0 Å². The number of carbonyl (C=O) groups is 1. The molecule has 102 valence electrons. The maximum Gasteiger partial charge on any atom is 0.410 e. The summed E-state index contributed by atoms with van der Waals surface area (Å²) in [7, 11) is 0. The maximum absolute atomic E-state index is 12.0. The van der Waals surface area contributed by atoms with Gasteiger partial charge in [0, 0.05) is 32.2 Å². The van der Waals surface area contributed by atoms with E-state index in [-0.39, 0.29) is 12.2 Å². The molecular formula is C14H24N2O2. The van der Waals surface area contributed by atoms with Gasteiger partial charge in [0.2, 0.25) is 0 Å². The van der Waals surface area contributed by atoms with Gasteiger partial charge in [-0.05, 0) is 44.9 Å². The smallest absolute Gasteiger partial charge is 0.410 e. The van der Waals surface area contributed by atoms with Gasteiger partial charge in [-0.1, -0.05) is 0 Å². The van der Waals surface area contributed by atoms with Gasteiger partial charge in [-0.25, -0.2) is 4.79 Å². The molecule has 4 nitrogen and oxygen atoms in total. The van der Waals surface area contributed by atoms with Crippen LogP contribution in [0, 0.1) is 11.8 Å². The zero-order valence-corrected chi connectivity index (χ0v) is 11.5. The van der Waals surface area contributed by atoms with Gasteiger partial charge in [-0.3, -0.25) is 0 Å². The molecule has 4 heteroatoms. The van der Waals surface area contributed by atoms with E-state index in [1.807, 2.05) is 4.90 Å². The molecule has 1 amide bonds. The third-order valence-electron chi connectivity index (χ3n) is 4.82. The molecule has 2 unspecified atom stereocenters. The lowest BCUT2D eigenvalue weighted by Gasteiger charge is -2.29. The number of ether oxygens (including phenoxy) is 1. The van der Waals surface area contributed by atoms with Crippen LogP contribution in [0.25, 0.3) is 0 Å². The van der Waals surface area contributed by atoms with E-state index in [4.69, 9.17) is 4.74 Å². The Morgan fingerprint density at radius 1 is 1.11 bits per heavy atom. The van der Waals surface area contributed by atoms with E-state index < -0.39 is 0 Å². The van der Waals surface area contributed by atoms with E-state index in [0.29, 0.717) is 17.9 Å². The molecule has 0 spiro atoms. The molecule has 2 atom stereocenters. The van der Waals surface area contributed by atoms with Gasteiger partial charge in [-0.15, -0.1) is 0 Å². The van der Waals surface area contributed by atoms with Crippen molar-refractivity contribution in [2.24, 2.45) is 11.8 Å². The van der Waals surface area contributed by atoms with Gasteiger partial charge in [0.05, 0.1) is 0 Å². The van der Waals surface area contributed by atoms with E-state index in [9.17, 15) is 4.79 Å². The van der Waals surface area contributed by atoms with Gasteiger partial charge in [0.15, 0.2) is 0 Å². The number of rotatable bonds is 2. The van der Waals surface area contributed by atoms with Gasteiger partial charge >= 0.3 is 6.09 Å². The lowest BCUT2D eigenvalue weighted by Crippen LogP contribution is -2.38. The van der Waals surface area contributed by atoms with E-state index in [1.54, 1.807) is 0 Å². The number of hydrogen-bond donors (Lipinski definition) is 0. The van der Waals surface area contributed by atoms with Gasteiger partial charge in [-0.2, -0.15) is 0 Å². The molecule has 0 radical (unpaired) electrons. The van der Waals surface area contributed by atoms with Crippen molar-refractivity contribution in [3.8, 4) is 0 Å². The number of hydrogen-bond acceptors (Lipinski definition) is 3. The normalized spacial score (nSPS) is 32.7. The Bertz CT molecular complexity index is 314. The molecule has 2 heterocycles. The average molecular weight is 252 g/mol. The fourth-order valence-electron chi connectivity index (χ4n) is 3.31. The summed E-state index contributed by atoms with van der Waals surface area (Å²) >= 11 is 0. The Morgan fingerprint density at radius 2 is 1.72 bits per heavy atom. The van der Waals surface area contributed by atoms with Crippen LogP contribution in [0.15, 0.2) is 0 Å². The fraction of sp³-hybridized carbons (Fsp3) is 0.929.